The minimum Gasteiger partial charge on any atom is -0.447 e. The van der Waals surface area contributed by atoms with E-state index in [0.717, 1.165) is 63.7 Å². The fraction of sp³-hybridized carbons (Fsp3) is 0.690. The minimum atomic E-state index is -0.463. The molecule has 1 aromatic carbocycles. The Morgan fingerprint density at radius 1 is 1.03 bits per heavy atom. The highest BCUT2D eigenvalue weighted by atomic mass is 35.5. The normalized spacial score (nSPS) is 28.9. The van der Waals surface area contributed by atoms with Crippen LogP contribution in [0.3, 0.4) is 0 Å². The average Bonchev–Trinajstić information content (AvgIpc) is 3.39. The van der Waals surface area contributed by atoms with Crippen LogP contribution in [0.15, 0.2) is 24.3 Å². The van der Waals surface area contributed by atoms with Gasteiger partial charge >= 0.3 is 6.09 Å². The maximum Gasteiger partial charge on any atom is 0.410 e. The first-order valence-electron chi connectivity index (χ1n) is 13.7. The number of benzene rings is 1. The van der Waals surface area contributed by atoms with Gasteiger partial charge in [0.05, 0.1) is 11.1 Å². The molecule has 6 nitrogen and oxygen atoms in total. The SMILES string of the molecule is CC1(C)COC(=O)N1CC1CCN(C2(C(=O)[C@@H]3CC(=O)C[C@H]3c3ccc(Cl)cc3)CCCCC2)CC1. The molecule has 2 heterocycles. The van der Waals surface area contributed by atoms with Gasteiger partial charge < -0.3 is 4.74 Å². The molecule has 0 unspecified atom stereocenters. The van der Waals surface area contributed by atoms with Crippen molar-refractivity contribution in [2.45, 2.75) is 88.6 Å². The van der Waals surface area contributed by atoms with Crippen LogP contribution in [0.4, 0.5) is 4.79 Å². The third-order valence-corrected chi connectivity index (χ3v) is 9.57. The van der Waals surface area contributed by atoms with Gasteiger partial charge in [-0.3, -0.25) is 19.4 Å². The Hall–Kier alpha value is -1.92. The first kappa shape index (κ1) is 25.7. The molecule has 0 bridgehead atoms. The molecule has 0 radical (unpaired) electrons. The molecule has 2 aliphatic carbocycles. The van der Waals surface area contributed by atoms with E-state index >= 15 is 0 Å². The lowest BCUT2D eigenvalue weighted by Crippen LogP contribution is -2.60. The number of piperidine rings is 1. The van der Waals surface area contributed by atoms with Gasteiger partial charge in [0.15, 0.2) is 5.78 Å². The van der Waals surface area contributed by atoms with E-state index in [9.17, 15) is 14.4 Å². The summed E-state index contributed by atoms with van der Waals surface area (Å²) in [5, 5.41) is 0.670. The summed E-state index contributed by atoms with van der Waals surface area (Å²) in [6, 6.07) is 7.69. The number of ether oxygens (including phenoxy) is 1. The Morgan fingerprint density at radius 2 is 1.69 bits per heavy atom. The number of ketones is 2. The molecule has 5 rings (SSSR count). The molecule has 7 heteroatoms. The largest absolute Gasteiger partial charge is 0.447 e. The zero-order valence-electron chi connectivity index (χ0n) is 21.6. The highest BCUT2D eigenvalue weighted by Gasteiger charge is 2.52. The molecule has 2 aliphatic heterocycles. The van der Waals surface area contributed by atoms with Crippen LogP contribution in [0.1, 0.15) is 83.1 Å². The van der Waals surface area contributed by atoms with E-state index < -0.39 is 5.54 Å². The Labute approximate surface area is 219 Å². The summed E-state index contributed by atoms with van der Waals surface area (Å²) in [5.41, 5.74) is 0.323. The van der Waals surface area contributed by atoms with E-state index in [2.05, 4.69) is 18.7 Å². The van der Waals surface area contributed by atoms with Crippen molar-refractivity contribution < 1.29 is 19.1 Å². The summed E-state index contributed by atoms with van der Waals surface area (Å²) in [5.74, 6) is 0.585. The molecule has 0 spiro atoms. The van der Waals surface area contributed by atoms with Crippen LogP contribution in [0, 0.1) is 11.8 Å². The van der Waals surface area contributed by atoms with Crippen molar-refractivity contribution in [3.63, 3.8) is 0 Å². The molecular weight excluding hydrogens is 476 g/mol. The first-order chi connectivity index (χ1) is 17.2. The third-order valence-electron chi connectivity index (χ3n) is 9.32. The summed E-state index contributed by atoms with van der Waals surface area (Å²) in [6.45, 7) is 7.01. The molecule has 196 valence electrons. The predicted octanol–water partition coefficient (Wildman–Crippen LogP) is 5.62. The van der Waals surface area contributed by atoms with Crippen molar-refractivity contribution in [2.24, 2.45) is 11.8 Å². The highest BCUT2D eigenvalue weighted by Crippen LogP contribution is 2.46. The van der Waals surface area contributed by atoms with E-state index in [1.807, 2.05) is 29.2 Å². The molecule has 1 amide bonds. The number of halogens is 1. The van der Waals surface area contributed by atoms with Crippen LogP contribution < -0.4 is 0 Å². The van der Waals surface area contributed by atoms with E-state index in [4.69, 9.17) is 16.3 Å². The van der Waals surface area contributed by atoms with Gasteiger partial charge in [0.25, 0.3) is 0 Å². The smallest absolute Gasteiger partial charge is 0.410 e. The lowest BCUT2D eigenvalue weighted by molar-refractivity contribution is -0.140. The van der Waals surface area contributed by atoms with Gasteiger partial charge in [0.1, 0.15) is 12.4 Å². The fourth-order valence-corrected chi connectivity index (χ4v) is 7.28. The van der Waals surface area contributed by atoms with E-state index in [-0.39, 0.29) is 35.0 Å². The van der Waals surface area contributed by atoms with Crippen molar-refractivity contribution >= 4 is 29.3 Å². The van der Waals surface area contributed by atoms with Gasteiger partial charge in [-0.15, -0.1) is 0 Å². The summed E-state index contributed by atoms with van der Waals surface area (Å²) >= 11 is 6.11. The van der Waals surface area contributed by atoms with Crippen molar-refractivity contribution in [3.05, 3.63) is 34.9 Å². The van der Waals surface area contributed by atoms with Gasteiger partial charge in [-0.05, 0) is 76.2 Å². The van der Waals surface area contributed by atoms with Gasteiger partial charge in [-0.2, -0.15) is 0 Å². The molecule has 0 N–H and O–H groups in total. The van der Waals surface area contributed by atoms with Gasteiger partial charge in [0, 0.05) is 36.2 Å². The second-order valence-electron chi connectivity index (χ2n) is 12.1. The number of cyclic esters (lactones) is 1. The van der Waals surface area contributed by atoms with Crippen molar-refractivity contribution in [2.75, 3.05) is 26.2 Å². The van der Waals surface area contributed by atoms with Crippen LogP contribution in [0.2, 0.25) is 5.02 Å². The summed E-state index contributed by atoms with van der Waals surface area (Å²) in [6.07, 6.45) is 7.60. The van der Waals surface area contributed by atoms with Crippen molar-refractivity contribution in [3.8, 4) is 0 Å². The number of hydrogen-bond donors (Lipinski definition) is 0. The Balaban J connectivity index is 1.32. The number of carbonyl (C=O) groups is 3. The Bertz CT molecular complexity index is 993. The topological polar surface area (TPSA) is 66.9 Å². The molecule has 0 aromatic heterocycles. The third kappa shape index (κ3) is 4.83. The van der Waals surface area contributed by atoms with Crippen LogP contribution in [-0.4, -0.2) is 64.8 Å². The maximum atomic E-state index is 14.4. The standard InChI is InChI=1S/C29H39ClN2O4/c1-28(2)19-36-27(35)32(28)18-20-10-14-31(15-11-20)29(12-4-3-5-13-29)26(34)25-17-23(33)16-24(25)21-6-8-22(30)9-7-21/h6-9,20,24-25H,3-5,10-19H2,1-2H3/t24-,25+/m0/s1. The van der Waals surface area contributed by atoms with Gasteiger partial charge in [-0.25, -0.2) is 4.79 Å². The van der Waals surface area contributed by atoms with E-state index in [1.165, 1.54) is 6.42 Å². The Morgan fingerprint density at radius 3 is 2.31 bits per heavy atom. The van der Waals surface area contributed by atoms with Crippen LogP contribution in [-0.2, 0) is 14.3 Å². The molecule has 4 fully saturated rings. The monoisotopic (exact) mass is 514 g/mol. The first-order valence-corrected chi connectivity index (χ1v) is 14.1. The number of amides is 1. The molecule has 1 aromatic rings. The van der Waals surface area contributed by atoms with Crippen molar-refractivity contribution in [1.82, 2.24) is 9.80 Å². The molecule has 2 saturated carbocycles. The lowest BCUT2D eigenvalue weighted by atomic mass is 9.69. The minimum absolute atomic E-state index is 0.0537. The van der Waals surface area contributed by atoms with E-state index in [0.29, 0.717) is 30.4 Å². The van der Waals surface area contributed by atoms with Gasteiger partial charge in [0.2, 0.25) is 0 Å². The number of carbonyl (C=O) groups excluding carboxylic acids is 3. The fourth-order valence-electron chi connectivity index (χ4n) is 7.16. The summed E-state index contributed by atoms with van der Waals surface area (Å²) < 4.78 is 5.30. The zero-order chi connectivity index (χ0) is 25.5. The summed E-state index contributed by atoms with van der Waals surface area (Å²) in [4.78, 5) is 43.7. The van der Waals surface area contributed by atoms with Gasteiger partial charge in [-0.1, -0.05) is 43.0 Å². The average molecular weight is 515 g/mol. The molecular formula is C29H39ClN2O4. The lowest BCUT2D eigenvalue weighted by Gasteiger charge is -2.50. The van der Waals surface area contributed by atoms with Crippen LogP contribution in [0.5, 0.6) is 0 Å². The molecule has 2 saturated heterocycles. The van der Waals surface area contributed by atoms with Crippen molar-refractivity contribution in [1.29, 1.82) is 0 Å². The Kier molecular flexibility index (Phi) is 7.21. The predicted molar refractivity (Wildman–Crippen MR) is 139 cm³/mol. The number of likely N-dealkylation sites (tertiary alicyclic amines) is 1. The zero-order valence-corrected chi connectivity index (χ0v) is 22.4. The molecule has 4 aliphatic rings. The van der Waals surface area contributed by atoms with Crippen LogP contribution in [0.25, 0.3) is 0 Å². The quantitative estimate of drug-likeness (QED) is 0.493. The second-order valence-corrected chi connectivity index (χ2v) is 12.5. The van der Waals surface area contributed by atoms with E-state index in [1.54, 1.807) is 0 Å². The maximum absolute atomic E-state index is 14.4. The summed E-state index contributed by atoms with van der Waals surface area (Å²) in [7, 11) is 0. The highest BCUT2D eigenvalue weighted by molar-refractivity contribution is 6.30. The van der Waals surface area contributed by atoms with Crippen LogP contribution >= 0.6 is 11.6 Å². The number of rotatable bonds is 6. The molecule has 2 atom stereocenters. The molecule has 36 heavy (non-hydrogen) atoms. The number of Topliss-reactive ketones (excluding diaryl/α,β-unsaturated/α-hetero) is 2. The number of nitrogens with zero attached hydrogens (tertiary/aromatic N) is 2. The second kappa shape index (κ2) is 10.1. The number of hydrogen-bond acceptors (Lipinski definition) is 5.